The standard InChI is InChI=1S/C16H19ClFN5/c1-19-16(20-9-10-6-7-21-23(10)2)22-14-8-11(14)15-12(17)4-3-5-13(15)18/h3-7,11,14H,8-9H2,1-2H3,(H2,19,20,22). The largest absolute Gasteiger partial charge is 0.353 e. The van der Waals surface area contributed by atoms with E-state index < -0.39 is 0 Å². The van der Waals surface area contributed by atoms with Gasteiger partial charge < -0.3 is 10.6 Å². The fourth-order valence-corrected chi connectivity index (χ4v) is 2.96. The molecule has 1 fully saturated rings. The van der Waals surface area contributed by atoms with Crippen LogP contribution in [0.4, 0.5) is 4.39 Å². The molecule has 122 valence electrons. The van der Waals surface area contributed by atoms with E-state index in [0.29, 0.717) is 23.1 Å². The van der Waals surface area contributed by atoms with Gasteiger partial charge in [0.2, 0.25) is 0 Å². The first-order valence-electron chi connectivity index (χ1n) is 7.48. The summed E-state index contributed by atoms with van der Waals surface area (Å²) in [4.78, 5) is 4.21. The van der Waals surface area contributed by atoms with Gasteiger partial charge in [0.15, 0.2) is 5.96 Å². The van der Waals surface area contributed by atoms with Gasteiger partial charge in [0.25, 0.3) is 0 Å². The van der Waals surface area contributed by atoms with E-state index in [0.717, 1.165) is 12.1 Å². The zero-order chi connectivity index (χ0) is 16.4. The molecule has 0 aliphatic heterocycles. The molecule has 1 aromatic carbocycles. The molecule has 1 aliphatic rings. The number of rotatable bonds is 4. The lowest BCUT2D eigenvalue weighted by molar-refractivity contribution is 0.607. The maximum Gasteiger partial charge on any atom is 0.191 e. The molecule has 1 heterocycles. The monoisotopic (exact) mass is 335 g/mol. The highest BCUT2D eigenvalue weighted by Gasteiger charge is 2.41. The predicted octanol–water partition coefficient (Wildman–Crippen LogP) is 2.43. The van der Waals surface area contributed by atoms with E-state index >= 15 is 0 Å². The van der Waals surface area contributed by atoms with Crippen molar-refractivity contribution in [2.75, 3.05) is 7.05 Å². The fraction of sp³-hybridized carbons (Fsp3) is 0.375. The van der Waals surface area contributed by atoms with E-state index in [4.69, 9.17) is 11.6 Å². The molecule has 2 atom stereocenters. The summed E-state index contributed by atoms with van der Waals surface area (Å²) in [7, 11) is 3.61. The Morgan fingerprint density at radius 2 is 2.30 bits per heavy atom. The molecule has 0 saturated heterocycles. The molecule has 2 unspecified atom stereocenters. The highest BCUT2D eigenvalue weighted by molar-refractivity contribution is 6.31. The SMILES string of the molecule is CN=C(NCc1ccnn1C)NC1CC1c1c(F)cccc1Cl. The average Bonchev–Trinajstić information content (AvgIpc) is 3.15. The second kappa shape index (κ2) is 6.58. The third-order valence-electron chi connectivity index (χ3n) is 4.07. The number of halogens is 2. The second-order valence-corrected chi connectivity index (χ2v) is 6.01. The minimum atomic E-state index is -0.246. The quantitative estimate of drug-likeness (QED) is 0.666. The second-order valence-electron chi connectivity index (χ2n) is 5.60. The van der Waals surface area contributed by atoms with E-state index in [1.807, 2.05) is 13.1 Å². The number of aryl methyl sites for hydroxylation is 1. The zero-order valence-corrected chi connectivity index (χ0v) is 13.8. The van der Waals surface area contributed by atoms with Crippen molar-refractivity contribution in [1.82, 2.24) is 20.4 Å². The van der Waals surface area contributed by atoms with Gasteiger partial charge in [-0.25, -0.2) is 4.39 Å². The first kappa shape index (κ1) is 15.8. The van der Waals surface area contributed by atoms with Gasteiger partial charge in [-0.2, -0.15) is 5.10 Å². The van der Waals surface area contributed by atoms with Gasteiger partial charge >= 0.3 is 0 Å². The number of hydrogen-bond donors (Lipinski definition) is 2. The maximum atomic E-state index is 13.9. The molecule has 23 heavy (non-hydrogen) atoms. The van der Waals surface area contributed by atoms with Crippen molar-refractivity contribution in [3.05, 3.63) is 52.6 Å². The normalized spacial score (nSPS) is 20.4. The fourth-order valence-electron chi connectivity index (χ4n) is 2.66. The van der Waals surface area contributed by atoms with Gasteiger partial charge in [-0.15, -0.1) is 0 Å². The lowest BCUT2D eigenvalue weighted by Gasteiger charge is -2.12. The lowest BCUT2D eigenvalue weighted by Crippen LogP contribution is -2.39. The van der Waals surface area contributed by atoms with Crippen molar-refractivity contribution in [2.24, 2.45) is 12.0 Å². The van der Waals surface area contributed by atoms with Gasteiger partial charge in [-0.1, -0.05) is 17.7 Å². The van der Waals surface area contributed by atoms with E-state index in [2.05, 4.69) is 20.7 Å². The molecule has 0 radical (unpaired) electrons. The molecular formula is C16H19ClFN5. The van der Waals surface area contributed by atoms with E-state index in [9.17, 15) is 4.39 Å². The predicted molar refractivity (Wildman–Crippen MR) is 89.1 cm³/mol. The van der Waals surface area contributed by atoms with Crippen LogP contribution in [0.2, 0.25) is 5.02 Å². The molecule has 1 aliphatic carbocycles. The van der Waals surface area contributed by atoms with Crippen molar-refractivity contribution in [3.63, 3.8) is 0 Å². The number of nitrogens with zero attached hydrogens (tertiary/aromatic N) is 3. The molecule has 1 aromatic heterocycles. The Hall–Kier alpha value is -2.08. The van der Waals surface area contributed by atoms with Crippen molar-refractivity contribution < 1.29 is 4.39 Å². The lowest BCUT2D eigenvalue weighted by atomic mass is 10.1. The number of benzene rings is 1. The third kappa shape index (κ3) is 3.47. The number of guanidine groups is 1. The minimum absolute atomic E-state index is 0.0824. The van der Waals surface area contributed by atoms with Crippen molar-refractivity contribution in [3.8, 4) is 0 Å². The summed E-state index contributed by atoms with van der Waals surface area (Å²) in [6.07, 6.45) is 2.59. The average molecular weight is 336 g/mol. The Labute approximate surface area is 139 Å². The summed E-state index contributed by atoms with van der Waals surface area (Å²) < 4.78 is 15.7. The zero-order valence-electron chi connectivity index (χ0n) is 13.1. The Morgan fingerprint density at radius 1 is 1.48 bits per heavy atom. The van der Waals surface area contributed by atoms with Crippen LogP contribution >= 0.6 is 11.6 Å². The van der Waals surface area contributed by atoms with E-state index in [-0.39, 0.29) is 17.8 Å². The Bertz CT molecular complexity index is 707. The molecule has 5 nitrogen and oxygen atoms in total. The van der Waals surface area contributed by atoms with Crippen LogP contribution < -0.4 is 10.6 Å². The summed E-state index contributed by atoms with van der Waals surface area (Å²) in [6.45, 7) is 0.619. The highest BCUT2D eigenvalue weighted by Crippen LogP contribution is 2.44. The van der Waals surface area contributed by atoms with Gasteiger partial charge in [0, 0.05) is 42.8 Å². The molecule has 7 heteroatoms. The van der Waals surface area contributed by atoms with Gasteiger partial charge in [-0.05, 0) is 24.6 Å². The van der Waals surface area contributed by atoms with Crippen LogP contribution in [0.3, 0.4) is 0 Å². The Balaban J connectivity index is 1.58. The third-order valence-corrected chi connectivity index (χ3v) is 4.40. The summed E-state index contributed by atoms with van der Waals surface area (Å²) >= 11 is 6.12. The summed E-state index contributed by atoms with van der Waals surface area (Å²) in [5, 5.41) is 11.2. The highest BCUT2D eigenvalue weighted by atomic mass is 35.5. The van der Waals surface area contributed by atoms with Crippen LogP contribution in [-0.2, 0) is 13.6 Å². The number of aliphatic imine (C=N–C) groups is 1. The first-order chi connectivity index (χ1) is 11.1. The van der Waals surface area contributed by atoms with E-state index in [1.54, 1.807) is 30.1 Å². The molecule has 3 rings (SSSR count). The van der Waals surface area contributed by atoms with E-state index in [1.165, 1.54) is 6.07 Å². The summed E-state index contributed by atoms with van der Waals surface area (Å²) in [5.74, 6) is 0.523. The van der Waals surface area contributed by atoms with Crippen LogP contribution in [0, 0.1) is 5.82 Å². The van der Waals surface area contributed by atoms with Crippen LogP contribution in [-0.4, -0.2) is 28.8 Å². The van der Waals surface area contributed by atoms with Crippen molar-refractivity contribution in [1.29, 1.82) is 0 Å². The topological polar surface area (TPSA) is 54.2 Å². The molecule has 0 bridgehead atoms. The molecule has 2 N–H and O–H groups in total. The molecular weight excluding hydrogens is 317 g/mol. The van der Waals surface area contributed by atoms with Crippen molar-refractivity contribution in [2.45, 2.75) is 24.9 Å². The van der Waals surface area contributed by atoms with Crippen LogP contribution in [0.25, 0.3) is 0 Å². The van der Waals surface area contributed by atoms with Crippen LogP contribution in [0.5, 0.6) is 0 Å². The molecule has 0 amide bonds. The van der Waals surface area contributed by atoms with Gasteiger partial charge in [0.05, 0.1) is 12.2 Å². The Kier molecular flexibility index (Phi) is 4.52. The van der Waals surface area contributed by atoms with Crippen LogP contribution in [0.15, 0.2) is 35.5 Å². The van der Waals surface area contributed by atoms with Gasteiger partial charge in [-0.3, -0.25) is 9.67 Å². The minimum Gasteiger partial charge on any atom is -0.353 e. The molecule has 2 aromatic rings. The number of nitrogens with one attached hydrogen (secondary N) is 2. The molecule has 1 saturated carbocycles. The molecule has 0 spiro atoms. The van der Waals surface area contributed by atoms with Gasteiger partial charge in [0.1, 0.15) is 5.82 Å². The smallest absolute Gasteiger partial charge is 0.191 e. The number of hydrogen-bond acceptors (Lipinski definition) is 2. The summed E-state index contributed by atoms with van der Waals surface area (Å²) in [6, 6.07) is 6.89. The Morgan fingerprint density at radius 3 is 2.96 bits per heavy atom. The van der Waals surface area contributed by atoms with Crippen molar-refractivity contribution >= 4 is 17.6 Å². The first-order valence-corrected chi connectivity index (χ1v) is 7.86. The van der Waals surface area contributed by atoms with Crippen LogP contribution in [0.1, 0.15) is 23.6 Å². The maximum absolute atomic E-state index is 13.9. The summed E-state index contributed by atoms with van der Waals surface area (Å²) in [5.41, 5.74) is 1.64. The number of aromatic nitrogens is 2.